The van der Waals surface area contributed by atoms with Gasteiger partial charge in [0.15, 0.2) is 11.6 Å². The third kappa shape index (κ3) is 4.21. The summed E-state index contributed by atoms with van der Waals surface area (Å²) >= 11 is 0. The second kappa shape index (κ2) is 8.05. The van der Waals surface area contributed by atoms with Gasteiger partial charge in [-0.25, -0.2) is 4.68 Å². The number of carbonyl (C=O) groups excluding carboxylic acids is 1. The lowest BCUT2D eigenvalue weighted by atomic mass is 10.2. The van der Waals surface area contributed by atoms with Crippen molar-refractivity contribution in [2.45, 2.75) is 0 Å². The van der Waals surface area contributed by atoms with E-state index in [9.17, 15) is 9.59 Å². The zero-order valence-electron chi connectivity index (χ0n) is 15.9. The van der Waals surface area contributed by atoms with Crippen LogP contribution in [0.15, 0.2) is 53.6 Å². The molecule has 0 bridgehead atoms. The van der Waals surface area contributed by atoms with Crippen LogP contribution >= 0.6 is 0 Å². The number of rotatable bonds is 4. The molecular weight excluding hydrogens is 372 g/mol. The molecule has 0 spiro atoms. The number of pyridine rings is 1. The first-order valence-corrected chi connectivity index (χ1v) is 9.19. The van der Waals surface area contributed by atoms with E-state index in [1.165, 1.54) is 23.9 Å². The maximum atomic E-state index is 12.6. The maximum Gasteiger partial charge on any atom is 0.274 e. The first kappa shape index (κ1) is 18.5. The largest absolute Gasteiger partial charge is 0.352 e. The SMILES string of the molecule is Cn1nc(C(=O)N2CCN(c3ccc(Nc4ccncc4)nn3)CC2)ccc1=O. The van der Waals surface area contributed by atoms with Crippen molar-refractivity contribution in [3.8, 4) is 0 Å². The molecule has 3 aromatic rings. The summed E-state index contributed by atoms with van der Waals surface area (Å²) < 4.78 is 1.17. The fraction of sp³-hybridized carbons (Fsp3) is 0.263. The van der Waals surface area contributed by atoms with Crippen LogP contribution in [0.5, 0.6) is 0 Å². The van der Waals surface area contributed by atoms with Gasteiger partial charge in [-0.05, 0) is 30.3 Å². The molecule has 1 amide bonds. The highest BCUT2D eigenvalue weighted by Crippen LogP contribution is 2.17. The molecule has 3 aromatic heterocycles. The third-order valence-electron chi connectivity index (χ3n) is 4.67. The number of anilines is 3. The van der Waals surface area contributed by atoms with Crippen LogP contribution in [0.1, 0.15) is 10.5 Å². The van der Waals surface area contributed by atoms with Crippen molar-refractivity contribution in [3.05, 3.63) is 64.8 Å². The Morgan fingerprint density at radius 2 is 1.72 bits per heavy atom. The quantitative estimate of drug-likeness (QED) is 0.690. The van der Waals surface area contributed by atoms with Crippen molar-refractivity contribution >= 4 is 23.2 Å². The Balaban J connectivity index is 1.36. The Labute approximate surface area is 166 Å². The van der Waals surface area contributed by atoms with Gasteiger partial charge in [-0.15, -0.1) is 10.2 Å². The van der Waals surface area contributed by atoms with Crippen molar-refractivity contribution in [1.82, 2.24) is 29.9 Å². The Kier molecular flexibility index (Phi) is 5.14. The Morgan fingerprint density at radius 1 is 0.966 bits per heavy atom. The molecule has 10 nitrogen and oxygen atoms in total. The molecule has 0 aromatic carbocycles. The van der Waals surface area contributed by atoms with Gasteiger partial charge >= 0.3 is 0 Å². The highest BCUT2D eigenvalue weighted by Gasteiger charge is 2.24. The van der Waals surface area contributed by atoms with Crippen LogP contribution in [-0.4, -0.2) is 61.9 Å². The minimum Gasteiger partial charge on any atom is -0.352 e. The van der Waals surface area contributed by atoms with Crippen LogP contribution in [0, 0.1) is 0 Å². The normalized spacial score (nSPS) is 14.0. The van der Waals surface area contributed by atoms with E-state index in [-0.39, 0.29) is 17.2 Å². The summed E-state index contributed by atoms with van der Waals surface area (Å²) in [6.07, 6.45) is 3.41. The number of hydrogen-bond donors (Lipinski definition) is 1. The van der Waals surface area contributed by atoms with Gasteiger partial charge in [-0.1, -0.05) is 0 Å². The molecule has 1 aliphatic heterocycles. The van der Waals surface area contributed by atoms with Gasteiger partial charge in [0.05, 0.1) is 0 Å². The highest BCUT2D eigenvalue weighted by atomic mass is 16.2. The van der Waals surface area contributed by atoms with E-state index in [0.29, 0.717) is 32.0 Å². The fourth-order valence-corrected chi connectivity index (χ4v) is 3.06. The minimum absolute atomic E-state index is 0.178. The average Bonchev–Trinajstić information content (AvgIpc) is 2.77. The smallest absolute Gasteiger partial charge is 0.274 e. The van der Waals surface area contributed by atoms with Crippen molar-refractivity contribution in [2.75, 3.05) is 36.4 Å². The summed E-state index contributed by atoms with van der Waals surface area (Å²) in [4.78, 5) is 31.9. The van der Waals surface area contributed by atoms with Crippen molar-refractivity contribution < 1.29 is 4.79 Å². The molecule has 0 saturated carbocycles. The summed E-state index contributed by atoms with van der Waals surface area (Å²) in [5, 5.41) is 15.7. The van der Waals surface area contributed by atoms with Crippen LogP contribution in [0.3, 0.4) is 0 Å². The summed E-state index contributed by atoms with van der Waals surface area (Å²) in [5.41, 5.74) is 0.917. The van der Waals surface area contributed by atoms with Crippen LogP contribution in [-0.2, 0) is 7.05 Å². The van der Waals surface area contributed by atoms with E-state index in [1.54, 1.807) is 17.3 Å². The number of amides is 1. The summed E-state index contributed by atoms with van der Waals surface area (Å²) in [5.74, 6) is 1.23. The number of nitrogens with one attached hydrogen (secondary N) is 1. The zero-order chi connectivity index (χ0) is 20.2. The summed E-state index contributed by atoms with van der Waals surface area (Å²) in [6, 6.07) is 10.3. The molecule has 0 atom stereocenters. The molecule has 1 N–H and O–H groups in total. The van der Waals surface area contributed by atoms with Crippen molar-refractivity contribution in [1.29, 1.82) is 0 Å². The van der Waals surface area contributed by atoms with Gasteiger partial charge in [0.2, 0.25) is 0 Å². The molecule has 0 aliphatic carbocycles. The summed E-state index contributed by atoms with van der Waals surface area (Å²) in [6.45, 7) is 2.37. The first-order valence-electron chi connectivity index (χ1n) is 9.19. The Bertz CT molecular complexity index is 1040. The van der Waals surface area contributed by atoms with Gasteiger partial charge in [-0.2, -0.15) is 5.10 Å². The van der Waals surface area contributed by atoms with Gasteiger partial charge in [0.1, 0.15) is 5.69 Å². The molecule has 1 fully saturated rings. The van der Waals surface area contributed by atoms with Gasteiger partial charge in [0.25, 0.3) is 11.5 Å². The Hall–Kier alpha value is -3.82. The molecule has 1 aliphatic rings. The molecule has 148 valence electrons. The fourth-order valence-electron chi connectivity index (χ4n) is 3.06. The monoisotopic (exact) mass is 392 g/mol. The second-order valence-corrected chi connectivity index (χ2v) is 6.60. The molecule has 4 rings (SSSR count). The lowest BCUT2D eigenvalue weighted by Crippen LogP contribution is -2.49. The van der Waals surface area contributed by atoms with Gasteiger partial charge < -0.3 is 15.1 Å². The van der Waals surface area contributed by atoms with Crippen LogP contribution < -0.4 is 15.8 Å². The second-order valence-electron chi connectivity index (χ2n) is 6.60. The maximum absolute atomic E-state index is 12.6. The molecule has 0 unspecified atom stereocenters. The van der Waals surface area contributed by atoms with E-state index in [2.05, 4.69) is 30.5 Å². The molecule has 29 heavy (non-hydrogen) atoms. The predicted molar refractivity (Wildman–Crippen MR) is 107 cm³/mol. The topological polar surface area (TPSA) is 109 Å². The highest BCUT2D eigenvalue weighted by molar-refractivity contribution is 5.92. The van der Waals surface area contributed by atoms with Crippen LogP contribution in [0.25, 0.3) is 0 Å². The standard InChI is InChI=1S/C19H20N8O2/c1-25-18(28)5-2-15(24-25)19(29)27-12-10-26(11-13-27)17-4-3-16(22-23-17)21-14-6-8-20-9-7-14/h2-9H,10-13H2,1H3,(H,20,21,22). The number of hydrogen-bond acceptors (Lipinski definition) is 8. The van der Waals surface area contributed by atoms with E-state index < -0.39 is 0 Å². The van der Waals surface area contributed by atoms with E-state index in [1.807, 2.05) is 24.3 Å². The summed E-state index contributed by atoms with van der Waals surface area (Å²) in [7, 11) is 1.53. The minimum atomic E-state index is -0.244. The lowest BCUT2D eigenvalue weighted by molar-refractivity contribution is 0.0738. The predicted octanol–water partition coefficient (Wildman–Crippen LogP) is 0.671. The number of aromatic nitrogens is 5. The van der Waals surface area contributed by atoms with E-state index >= 15 is 0 Å². The average molecular weight is 392 g/mol. The molecule has 10 heteroatoms. The lowest BCUT2D eigenvalue weighted by Gasteiger charge is -2.35. The molecule has 4 heterocycles. The molecular formula is C19H20N8O2. The van der Waals surface area contributed by atoms with Crippen LogP contribution in [0.2, 0.25) is 0 Å². The molecule has 1 saturated heterocycles. The number of piperazine rings is 1. The van der Waals surface area contributed by atoms with Crippen molar-refractivity contribution in [2.24, 2.45) is 7.05 Å². The zero-order valence-corrected chi connectivity index (χ0v) is 15.9. The number of aryl methyl sites for hydroxylation is 1. The number of nitrogens with zero attached hydrogens (tertiary/aromatic N) is 7. The van der Waals surface area contributed by atoms with Gasteiger partial charge in [0, 0.05) is 57.4 Å². The van der Waals surface area contributed by atoms with E-state index in [0.717, 1.165) is 11.5 Å². The van der Waals surface area contributed by atoms with Gasteiger partial charge in [-0.3, -0.25) is 14.6 Å². The van der Waals surface area contributed by atoms with Crippen molar-refractivity contribution in [3.63, 3.8) is 0 Å². The number of carbonyl (C=O) groups is 1. The van der Waals surface area contributed by atoms with Crippen LogP contribution in [0.4, 0.5) is 17.3 Å². The first-order chi connectivity index (χ1) is 14.1. The van der Waals surface area contributed by atoms with E-state index in [4.69, 9.17) is 0 Å². The Morgan fingerprint density at radius 3 is 2.38 bits per heavy atom. The molecule has 0 radical (unpaired) electrons. The third-order valence-corrected chi connectivity index (χ3v) is 4.67.